The summed E-state index contributed by atoms with van der Waals surface area (Å²) in [6.45, 7) is 4.36. The second-order valence-corrected chi connectivity index (χ2v) is 4.49. The van der Waals surface area contributed by atoms with Crippen LogP contribution in [0.25, 0.3) is 0 Å². The summed E-state index contributed by atoms with van der Waals surface area (Å²) in [5, 5.41) is 6.06. The molecule has 18 heavy (non-hydrogen) atoms. The van der Waals surface area contributed by atoms with E-state index in [1.54, 1.807) is 6.92 Å². The Kier molecular flexibility index (Phi) is 4.59. The molecule has 1 saturated heterocycles. The van der Waals surface area contributed by atoms with E-state index >= 15 is 0 Å². The summed E-state index contributed by atoms with van der Waals surface area (Å²) in [6.07, 6.45) is 1.97. The lowest BCUT2D eigenvalue weighted by Gasteiger charge is -2.23. The van der Waals surface area contributed by atoms with Crippen LogP contribution in [0.2, 0.25) is 0 Å². The molecular formula is C14H20N2O2. The topological polar surface area (TPSA) is 50.4 Å². The molecule has 1 aliphatic rings. The number of carbonyl (C=O) groups is 1. The van der Waals surface area contributed by atoms with E-state index in [1.165, 1.54) is 18.4 Å². The Bertz CT molecular complexity index is 383. The van der Waals surface area contributed by atoms with Gasteiger partial charge in [0.15, 0.2) is 0 Å². The number of anilines is 1. The van der Waals surface area contributed by atoms with Gasteiger partial charge >= 0.3 is 6.09 Å². The van der Waals surface area contributed by atoms with Crippen LogP contribution in [-0.4, -0.2) is 25.8 Å². The van der Waals surface area contributed by atoms with Gasteiger partial charge in [0.25, 0.3) is 0 Å². The van der Waals surface area contributed by atoms with Gasteiger partial charge in [0.05, 0.1) is 6.61 Å². The van der Waals surface area contributed by atoms with Crippen molar-refractivity contribution in [1.82, 2.24) is 5.32 Å². The predicted molar refractivity (Wildman–Crippen MR) is 71.9 cm³/mol. The van der Waals surface area contributed by atoms with Gasteiger partial charge < -0.3 is 10.1 Å². The highest BCUT2D eigenvalue weighted by Crippen LogP contribution is 2.26. The molecule has 1 aromatic rings. The number of nitrogens with one attached hydrogen (secondary N) is 2. The maximum Gasteiger partial charge on any atom is 0.411 e. The normalized spacial score (nSPS) is 16.3. The third-order valence-corrected chi connectivity index (χ3v) is 3.24. The van der Waals surface area contributed by atoms with E-state index in [0.717, 1.165) is 18.8 Å². The average Bonchev–Trinajstić information content (AvgIpc) is 2.41. The molecule has 2 N–H and O–H groups in total. The number of piperidine rings is 1. The van der Waals surface area contributed by atoms with Gasteiger partial charge in [0.2, 0.25) is 0 Å². The van der Waals surface area contributed by atoms with Crippen molar-refractivity contribution >= 4 is 11.8 Å². The number of ether oxygens (including phenoxy) is 1. The smallest absolute Gasteiger partial charge is 0.411 e. The number of hydrogen-bond donors (Lipinski definition) is 2. The van der Waals surface area contributed by atoms with E-state index < -0.39 is 6.09 Å². The van der Waals surface area contributed by atoms with E-state index in [1.807, 2.05) is 12.1 Å². The quantitative estimate of drug-likeness (QED) is 0.864. The molecule has 1 aliphatic heterocycles. The molecule has 4 nitrogen and oxygen atoms in total. The molecule has 1 heterocycles. The Labute approximate surface area is 108 Å². The third kappa shape index (κ3) is 3.47. The van der Waals surface area contributed by atoms with E-state index in [0.29, 0.717) is 12.5 Å². The molecule has 0 unspecified atom stereocenters. The first-order valence-electron chi connectivity index (χ1n) is 6.54. The molecule has 0 saturated carbocycles. The third-order valence-electron chi connectivity index (χ3n) is 3.24. The van der Waals surface area contributed by atoms with Crippen molar-refractivity contribution in [3.63, 3.8) is 0 Å². The molecule has 2 rings (SSSR count). The highest BCUT2D eigenvalue weighted by atomic mass is 16.5. The van der Waals surface area contributed by atoms with E-state index in [4.69, 9.17) is 4.74 Å². The number of carbonyl (C=O) groups excluding carboxylic acids is 1. The van der Waals surface area contributed by atoms with Crippen LogP contribution >= 0.6 is 0 Å². The molecule has 0 aromatic heterocycles. The first kappa shape index (κ1) is 12.9. The van der Waals surface area contributed by atoms with E-state index in [2.05, 4.69) is 22.8 Å². The lowest BCUT2D eigenvalue weighted by molar-refractivity contribution is 0.168. The van der Waals surface area contributed by atoms with Crippen LogP contribution in [0.5, 0.6) is 0 Å². The summed E-state index contributed by atoms with van der Waals surface area (Å²) in [4.78, 5) is 11.3. The van der Waals surface area contributed by atoms with Gasteiger partial charge in [-0.15, -0.1) is 0 Å². The van der Waals surface area contributed by atoms with Crippen LogP contribution in [0.15, 0.2) is 24.3 Å². The minimum atomic E-state index is -0.396. The highest BCUT2D eigenvalue weighted by molar-refractivity contribution is 5.84. The maximum absolute atomic E-state index is 11.3. The van der Waals surface area contributed by atoms with Gasteiger partial charge in [0, 0.05) is 5.69 Å². The molecule has 0 atom stereocenters. The zero-order chi connectivity index (χ0) is 12.8. The molecule has 1 amide bonds. The Morgan fingerprint density at radius 2 is 2.00 bits per heavy atom. The molecular weight excluding hydrogens is 228 g/mol. The average molecular weight is 248 g/mol. The number of amides is 1. The number of rotatable bonds is 3. The summed E-state index contributed by atoms with van der Waals surface area (Å²) < 4.78 is 4.83. The van der Waals surface area contributed by atoms with Gasteiger partial charge in [-0.05, 0) is 56.5 Å². The Hall–Kier alpha value is -1.55. The van der Waals surface area contributed by atoms with Gasteiger partial charge in [-0.2, -0.15) is 0 Å². The Morgan fingerprint density at radius 1 is 1.33 bits per heavy atom. The molecule has 4 heteroatoms. The molecule has 98 valence electrons. The standard InChI is InChI=1S/C14H20N2O2/c1-2-18-14(17)16-13-5-3-11(4-6-13)12-7-9-15-10-8-12/h3-6,12,15H,2,7-10H2,1H3,(H,16,17). The summed E-state index contributed by atoms with van der Waals surface area (Å²) in [6, 6.07) is 8.07. The number of hydrogen-bond acceptors (Lipinski definition) is 3. The van der Waals surface area contributed by atoms with Crippen molar-refractivity contribution < 1.29 is 9.53 Å². The lowest BCUT2D eigenvalue weighted by Crippen LogP contribution is -2.26. The van der Waals surface area contributed by atoms with Gasteiger partial charge in [0.1, 0.15) is 0 Å². The van der Waals surface area contributed by atoms with Crippen molar-refractivity contribution in [1.29, 1.82) is 0 Å². The van der Waals surface area contributed by atoms with Crippen LogP contribution in [0.1, 0.15) is 31.2 Å². The summed E-state index contributed by atoms with van der Waals surface area (Å²) in [7, 11) is 0. The fourth-order valence-electron chi connectivity index (χ4n) is 2.28. The molecule has 0 bridgehead atoms. The predicted octanol–water partition coefficient (Wildman–Crippen LogP) is 2.72. The summed E-state index contributed by atoms with van der Waals surface area (Å²) in [5.41, 5.74) is 2.14. The van der Waals surface area contributed by atoms with Crippen molar-refractivity contribution in [3.8, 4) is 0 Å². The van der Waals surface area contributed by atoms with Gasteiger partial charge in [-0.3, -0.25) is 5.32 Å². The minimum absolute atomic E-state index is 0.388. The molecule has 0 aliphatic carbocycles. The molecule has 0 spiro atoms. The summed E-state index contributed by atoms with van der Waals surface area (Å²) in [5.74, 6) is 0.642. The maximum atomic E-state index is 11.3. The molecule has 1 aromatic carbocycles. The molecule has 1 fully saturated rings. The van der Waals surface area contributed by atoms with E-state index in [9.17, 15) is 4.79 Å². The van der Waals surface area contributed by atoms with Crippen molar-refractivity contribution in [2.75, 3.05) is 25.0 Å². The largest absolute Gasteiger partial charge is 0.450 e. The highest BCUT2D eigenvalue weighted by Gasteiger charge is 2.14. The second kappa shape index (κ2) is 6.40. The number of benzene rings is 1. The van der Waals surface area contributed by atoms with Crippen LogP contribution < -0.4 is 10.6 Å². The fraction of sp³-hybridized carbons (Fsp3) is 0.500. The Morgan fingerprint density at radius 3 is 2.61 bits per heavy atom. The van der Waals surface area contributed by atoms with Gasteiger partial charge in [-0.25, -0.2) is 4.79 Å². The molecule has 0 radical (unpaired) electrons. The van der Waals surface area contributed by atoms with Crippen LogP contribution in [0.3, 0.4) is 0 Å². The van der Waals surface area contributed by atoms with Crippen molar-refractivity contribution in [2.24, 2.45) is 0 Å². The van der Waals surface area contributed by atoms with Crippen LogP contribution in [0.4, 0.5) is 10.5 Å². The van der Waals surface area contributed by atoms with Crippen molar-refractivity contribution in [3.05, 3.63) is 29.8 Å². The minimum Gasteiger partial charge on any atom is -0.450 e. The Balaban J connectivity index is 1.94. The van der Waals surface area contributed by atoms with Crippen LogP contribution in [-0.2, 0) is 4.74 Å². The first-order chi connectivity index (χ1) is 8.79. The van der Waals surface area contributed by atoms with Crippen molar-refractivity contribution in [2.45, 2.75) is 25.7 Å². The second-order valence-electron chi connectivity index (χ2n) is 4.49. The SMILES string of the molecule is CCOC(=O)Nc1ccc(C2CCNCC2)cc1. The van der Waals surface area contributed by atoms with Crippen LogP contribution in [0, 0.1) is 0 Å². The fourth-order valence-corrected chi connectivity index (χ4v) is 2.28. The van der Waals surface area contributed by atoms with E-state index in [-0.39, 0.29) is 0 Å². The van der Waals surface area contributed by atoms with Gasteiger partial charge in [-0.1, -0.05) is 12.1 Å². The first-order valence-corrected chi connectivity index (χ1v) is 6.54. The lowest BCUT2D eigenvalue weighted by atomic mass is 9.90. The zero-order valence-corrected chi connectivity index (χ0v) is 10.7. The summed E-state index contributed by atoms with van der Waals surface area (Å²) >= 11 is 0. The zero-order valence-electron chi connectivity index (χ0n) is 10.7. The monoisotopic (exact) mass is 248 g/mol.